The van der Waals surface area contributed by atoms with Gasteiger partial charge in [0.05, 0.1) is 0 Å². The minimum atomic E-state index is -0.192. The molecule has 0 aliphatic heterocycles. The maximum absolute atomic E-state index is 14.4. The minimum Gasteiger partial charge on any atom is -0.334 e. The molecule has 0 saturated carbocycles. The van der Waals surface area contributed by atoms with Crippen LogP contribution in [0.1, 0.15) is 76.6 Å². The van der Waals surface area contributed by atoms with Gasteiger partial charge in [-0.1, -0.05) is 163 Å². The van der Waals surface area contributed by atoms with Gasteiger partial charge in [0.1, 0.15) is 0 Å². The van der Waals surface area contributed by atoms with Crippen molar-refractivity contribution >= 4 is 11.8 Å². The fourth-order valence-corrected chi connectivity index (χ4v) is 6.42. The van der Waals surface area contributed by atoms with E-state index >= 15 is 0 Å². The minimum absolute atomic E-state index is 0.00621. The fraction of sp³-hybridized carbons (Fsp3) is 0.381. The zero-order valence-electron chi connectivity index (χ0n) is 28.7. The molecule has 0 fully saturated rings. The molecule has 0 spiro atoms. The Morgan fingerprint density at radius 1 is 0.435 bits per heavy atom. The summed E-state index contributed by atoms with van der Waals surface area (Å²) in [7, 11) is 0. The molecular formula is C42H52N2O2. The molecule has 4 aromatic carbocycles. The lowest BCUT2D eigenvalue weighted by atomic mass is 9.61. The lowest BCUT2D eigenvalue weighted by Gasteiger charge is -2.44. The van der Waals surface area contributed by atoms with E-state index in [4.69, 9.17) is 0 Å². The molecule has 2 amide bonds. The number of benzene rings is 4. The van der Waals surface area contributed by atoms with Crippen molar-refractivity contribution in [2.24, 2.45) is 22.7 Å². The molecule has 242 valence electrons. The van der Waals surface area contributed by atoms with Gasteiger partial charge in [-0.3, -0.25) is 9.59 Å². The van der Waals surface area contributed by atoms with Gasteiger partial charge in [0.2, 0.25) is 11.8 Å². The molecule has 0 N–H and O–H groups in total. The Bertz CT molecular complexity index is 1290. The molecule has 2 atom stereocenters. The van der Waals surface area contributed by atoms with Crippen molar-refractivity contribution in [2.75, 3.05) is 0 Å². The van der Waals surface area contributed by atoms with Crippen LogP contribution in [0.2, 0.25) is 0 Å². The summed E-state index contributed by atoms with van der Waals surface area (Å²) < 4.78 is 0. The molecule has 4 heteroatoms. The van der Waals surface area contributed by atoms with Crippen LogP contribution in [-0.4, -0.2) is 21.6 Å². The van der Waals surface area contributed by atoms with Gasteiger partial charge < -0.3 is 9.80 Å². The van der Waals surface area contributed by atoms with Gasteiger partial charge in [-0.25, -0.2) is 0 Å². The fourth-order valence-electron chi connectivity index (χ4n) is 6.42. The van der Waals surface area contributed by atoms with Crippen molar-refractivity contribution in [2.45, 2.75) is 80.6 Å². The summed E-state index contributed by atoms with van der Waals surface area (Å²) in [6.07, 6.45) is 0.769. The van der Waals surface area contributed by atoms with Crippen molar-refractivity contribution in [3.05, 3.63) is 144 Å². The summed E-state index contributed by atoms with van der Waals surface area (Å²) >= 11 is 0. The van der Waals surface area contributed by atoms with Crippen LogP contribution in [-0.2, 0) is 35.8 Å². The Hall–Kier alpha value is -4.18. The topological polar surface area (TPSA) is 40.6 Å². The summed E-state index contributed by atoms with van der Waals surface area (Å²) in [5.41, 5.74) is 4.06. The summed E-state index contributed by atoms with van der Waals surface area (Å²) in [5, 5.41) is 0. The average molecular weight is 617 g/mol. The third kappa shape index (κ3) is 10.4. The molecule has 0 aromatic heterocycles. The van der Waals surface area contributed by atoms with Gasteiger partial charge >= 0.3 is 0 Å². The molecule has 4 nitrogen and oxygen atoms in total. The van der Waals surface area contributed by atoms with Gasteiger partial charge in [-0.2, -0.15) is 0 Å². The molecule has 0 radical (unpaired) electrons. The van der Waals surface area contributed by atoms with E-state index in [1.165, 1.54) is 0 Å². The zero-order valence-corrected chi connectivity index (χ0v) is 28.7. The van der Waals surface area contributed by atoms with E-state index in [0.717, 1.165) is 22.3 Å². The van der Waals surface area contributed by atoms with Crippen LogP contribution < -0.4 is 0 Å². The largest absolute Gasteiger partial charge is 0.334 e. The maximum atomic E-state index is 14.4. The summed E-state index contributed by atoms with van der Waals surface area (Å²) in [5.74, 6) is 0.237. The second-order valence-corrected chi connectivity index (χ2v) is 14.8. The van der Waals surface area contributed by atoms with Gasteiger partial charge in [0.15, 0.2) is 0 Å². The van der Waals surface area contributed by atoms with Crippen molar-refractivity contribution < 1.29 is 9.59 Å². The normalized spacial score (nSPS) is 13.1. The lowest BCUT2D eigenvalue weighted by molar-refractivity contribution is -0.140. The summed E-state index contributed by atoms with van der Waals surface area (Å²) in [6, 6.07) is 40.9. The van der Waals surface area contributed by atoms with Crippen molar-refractivity contribution in [1.82, 2.24) is 9.80 Å². The van der Waals surface area contributed by atoms with E-state index in [1.54, 1.807) is 0 Å². The number of carbonyl (C=O) groups is 2. The highest BCUT2D eigenvalue weighted by atomic mass is 16.2. The summed E-state index contributed by atoms with van der Waals surface area (Å²) in [4.78, 5) is 32.7. The smallest absolute Gasteiger partial charge is 0.223 e. The molecule has 0 saturated heterocycles. The quantitative estimate of drug-likeness (QED) is 0.150. The molecule has 46 heavy (non-hydrogen) atoms. The Balaban J connectivity index is 1.62. The van der Waals surface area contributed by atoms with Crippen molar-refractivity contribution in [3.8, 4) is 0 Å². The Morgan fingerprint density at radius 2 is 0.652 bits per heavy atom. The first-order valence-corrected chi connectivity index (χ1v) is 16.6. The standard InChI is InChI=1S/C42H52N2O2/c1-41(2,3)37(27-39(45)43(29-33-19-11-7-12-20-33)30-34-21-13-8-14-22-34)38(42(4,5)6)28-40(46)44(31-35-23-15-9-16-24-35)32-36-25-17-10-18-26-36/h7-26,37-38H,27-32H2,1-6H3. The second-order valence-electron chi connectivity index (χ2n) is 14.8. The average Bonchev–Trinajstić information content (AvgIpc) is 3.03. The number of hydrogen-bond acceptors (Lipinski definition) is 2. The third-order valence-electron chi connectivity index (χ3n) is 9.07. The van der Waals surface area contributed by atoms with Gasteiger partial charge in [0, 0.05) is 39.0 Å². The number of carbonyl (C=O) groups excluding carboxylic acids is 2. The van der Waals surface area contributed by atoms with Crippen molar-refractivity contribution in [3.63, 3.8) is 0 Å². The Kier molecular flexibility index (Phi) is 12.0. The van der Waals surface area contributed by atoms with Crippen LogP contribution in [0.5, 0.6) is 0 Å². The van der Waals surface area contributed by atoms with Gasteiger partial charge in [-0.15, -0.1) is 0 Å². The highest BCUT2D eigenvalue weighted by Crippen LogP contribution is 2.46. The molecule has 2 unspecified atom stereocenters. The van der Waals surface area contributed by atoms with E-state index in [1.807, 2.05) is 82.6 Å². The van der Waals surface area contributed by atoms with Gasteiger partial charge in [0.25, 0.3) is 0 Å². The molecule has 4 aromatic rings. The van der Waals surface area contributed by atoms with Crippen molar-refractivity contribution in [1.29, 1.82) is 0 Å². The lowest BCUT2D eigenvalue weighted by Crippen LogP contribution is -2.43. The highest BCUT2D eigenvalue weighted by Gasteiger charge is 2.42. The van der Waals surface area contributed by atoms with Crippen LogP contribution in [0.15, 0.2) is 121 Å². The Morgan fingerprint density at radius 3 is 0.848 bits per heavy atom. The van der Waals surface area contributed by atoms with Crippen LogP contribution in [0.4, 0.5) is 0 Å². The molecule has 0 aliphatic rings. The SMILES string of the molecule is CC(C)(C)C(CC(=O)N(Cc1ccccc1)Cc1ccccc1)C(CC(=O)N(Cc1ccccc1)Cc1ccccc1)C(C)(C)C. The van der Waals surface area contributed by atoms with Crippen LogP contribution >= 0.6 is 0 Å². The third-order valence-corrected chi connectivity index (χ3v) is 9.07. The number of amides is 2. The maximum Gasteiger partial charge on any atom is 0.223 e. The van der Waals surface area contributed by atoms with E-state index in [2.05, 4.69) is 90.1 Å². The number of nitrogens with zero attached hydrogens (tertiary/aromatic N) is 2. The van der Waals surface area contributed by atoms with E-state index in [0.29, 0.717) is 39.0 Å². The van der Waals surface area contributed by atoms with Crippen LogP contribution in [0.25, 0.3) is 0 Å². The molecular weight excluding hydrogens is 564 g/mol. The zero-order chi connectivity index (χ0) is 33.2. The van der Waals surface area contributed by atoms with Crippen LogP contribution in [0.3, 0.4) is 0 Å². The first-order valence-electron chi connectivity index (χ1n) is 16.6. The molecule has 4 rings (SSSR count). The monoisotopic (exact) mass is 616 g/mol. The number of rotatable bonds is 13. The first-order chi connectivity index (χ1) is 21.9. The first kappa shape index (κ1) is 34.7. The second kappa shape index (κ2) is 15.9. The van der Waals surface area contributed by atoms with Crippen LogP contribution in [0, 0.1) is 22.7 Å². The van der Waals surface area contributed by atoms with E-state index in [9.17, 15) is 9.59 Å². The predicted molar refractivity (Wildman–Crippen MR) is 189 cm³/mol. The molecule has 0 aliphatic carbocycles. The highest BCUT2D eigenvalue weighted by molar-refractivity contribution is 5.78. The van der Waals surface area contributed by atoms with E-state index in [-0.39, 0.29) is 34.5 Å². The Labute approximate surface area is 277 Å². The van der Waals surface area contributed by atoms with Gasteiger partial charge in [-0.05, 0) is 44.9 Å². The molecule has 0 heterocycles. The predicted octanol–water partition coefficient (Wildman–Crippen LogP) is 9.55. The van der Waals surface area contributed by atoms with E-state index < -0.39 is 0 Å². The number of hydrogen-bond donors (Lipinski definition) is 0. The summed E-state index contributed by atoms with van der Waals surface area (Å²) in [6.45, 7) is 15.5. The molecule has 0 bridgehead atoms.